The Hall–Kier alpha value is -2.99. The predicted octanol–water partition coefficient (Wildman–Crippen LogP) is 2.71. The van der Waals surface area contributed by atoms with E-state index < -0.39 is 17.4 Å². The number of ether oxygens (including phenoxy) is 1. The first-order valence-corrected chi connectivity index (χ1v) is 10.9. The van der Waals surface area contributed by atoms with Crippen LogP contribution in [0.5, 0.6) is 0 Å². The van der Waals surface area contributed by atoms with Gasteiger partial charge in [-0.25, -0.2) is 0 Å². The zero-order valence-electron chi connectivity index (χ0n) is 18.0. The average Bonchev–Trinajstić information content (AvgIpc) is 3.42. The van der Waals surface area contributed by atoms with Crippen LogP contribution in [0.1, 0.15) is 35.2 Å². The third-order valence-corrected chi connectivity index (χ3v) is 7.05. The van der Waals surface area contributed by atoms with Gasteiger partial charge < -0.3 is 15.0 Å². The lowest BCUT2D eigenvalue weighted by Gasteiger charge is -2.27. The van der Waals surface area contributed by atoms with Crippen molar-refractivity contribution in [2.45, 2.75) is 38.5 Å². The van der Waals surface area contributed by atoms with Gasteiger partial charge in [-0.1, -0.05) is 30.4 Å². The van der Waals surface area contributed by atoms with Gasteiger partial charge in [0, 0.05) is 18.9 Å². The molecule has 5 rings (SSSR count). The van der Waals surface area contributed by atoms with Crippen LogP contribution in [0.4, 0.5) is 0 Å². The van der Waals surface area contributed by atoms with Crippen molar-refractivity contribution >= 4 is 11.8 Å². The molecule has 6 heteroatoms. The summed E-state index contributed by atoms with van der Waals surface area (Å²) < 4.78 is 6.20. The fourth-order valence-corrected chi connectivity index (χ4v) is 5.24. The van der Waals surface area contributed by atoms with E-state index in [0.717, 1.165) is 11.1 Å². The molecule has 5 atom stereocenters. The molecule has 2 aromatic rings. The van der Waals surface area contributed by atoms with Gasteiger partial charge in [-0.3, -0.25) is 14.6 Å². The van der Waals surface area contributed by atoms with Gasteiger partial charge in [0.1, 0.15) is 5.60 Å². The molecule has 2 bridgehead atoms. The summed E-state index contributed by atoms with van der Waals surface area (Å²) in [5.41, 5.74) is 3.67. The van der Waals surface area contributed by atoms with Crippen LogP contribution in [0.3, 0.4) is 0 Å². The van der Waals surface area contributed by atoms with Crippen molar-refractivity contribution in [1.29, 1.82) is 0 Å². The number of hydrogen-bond donors (Lipinski definition) is 1. The van der Waals surface area contributed by atoms with Crippen molar-refractivity contribution in [2.75, 3.05) is 13.1 Å². The smallest absolute Gasteiger partial charge is 0.230 e. The van der Waals surface area contributed by atoms with E-state index in [4.69, 9.17) is 4.74 Å². The van der Waals surface area contributed by atoms with E-state index in [1.807, 2.05) is 37.3 Å². The minimum atomic E-state index is -0.660. The molecule has 31 heavy (non-hydrogen) atoms. The van der Waals surface area contributed by atoms with Crippen LogP contribution in [0.2, 0.25) is 0 Å². The molecule has 2 amide bonds. The van der Waals surface area contributed by atoms with Gasteiger partial charge in [0.05, 0.1) is 30.5 Å². The Bertz CT molecular complexity index is 1070. The highest BCUT2D eigenvalue weighted by molar-refractivity contribution is 5.93. The van der Waals surface area contributed by atoms with Crippen molar-refractivity contribution in [2.24, 2.45) is 11.8 Å². The fraction of sp³-hybridized carbons (Fsp3) is 0.400. The number of likely N-dealkylation sites (tertiary alicyclic amines) is 1. The number of carbonyl (C=O) groups is 2. The molecular formula is C25H27N3O3. The Kier molecular flexibility index (Phi) is 4.70. The van der Waals surface area contributed by atoms with Crippen LogP contribution < -0.4 is 5.32 Å². The number of rotatable bonds is 5. The number of aromatic nitrogens is 1. The average molecular weight is 418 g/mol. The number of amides is 2. The number of pyridine rings is 1. The summed E-state index contributed by atoms with van der Waals surface area (Å²) in [4.78, 5) is 32.6. The molecule has 2 fully saturated rings. The van der Waals surface area contributed by atoms with E-state index in [1.165, 1.54) is 11.1 Å². The van der Waals surface area contributed by atoms with E-state index in [9.17, 15) is 9.59 Å². The molecule has 2 saturated heterocycles. The van der Waals surface area contributed by atoms with Crippen LogP contribution in [0.15, 0.2) is 54.9 Å². The quantitative estimate of drug-likeness (QED) is 0.760. The van der Waals surface area contributed by atoms with Crippen LogP contribution in [-0.4, -0.2) is 46.5 Å². The first-order valence-electron chi connectivity index (χ1n) is 10.9. The van der Waals surface area contributed by atoms with Crippen LogP contribution in [0, 0.1) is 25.7 Å². The normalized spacial score (nSPS) is 29.3. The monoisotopic (exact) mass is 417 g/mol. The standard InChI is InChI=1S/C25H27N3O3/c1-4-28-14-25-10-7-19(31-25)20(21(25)24(28)30)23(29)27-22(17-8-11-26-12-9-17)18-6-5-15(2)16(3)13-18/h5-13,19-22H,4,14H2,1-3H3,(H,27,29). The highest BCUT2D eigenvalue weighted by Gasteiger charge is 2.66. The second kappa shape index (κ2) is 7.31. The van der Waals surface area contributed by atoms with Crippen molar-refractivity contribution in [1.82, 2.24) is 15.2 Å². The summed E-state index contributed by atoms with van der Waals surface area (Å²) in [6, 6.07) is 9.73. The minimum Gasteiger partial charge on any atom is -0.360 e. The molecule has 1 N–H and O–H groups in total. The molecule has 1 aromatic heterocycles. The van der Waals surface area contributed by atoms with Crippen LogP contribution in [-0.2, 0) is 14.3 Å². The molecule has 1 aromatic carbocycles. The van der Waals surface area contributed by atoms with Gasteiger partial charge in [-0.2, -0.15) is 0 Å². The number of aryl methyl sites for hydroxylation is 2. The minimum absolute atomic E-state index is 0.0149. The van der Waals surface area contributed by atoms with E-state index >= 15 is 0 Å². The van der Waals surface area contributed by atoms with E-state index in [0.29, 0.717) is 13.1 Å². The lowest BCUT2D eigenvalue weighted by atomic mass is 9.76. The second-order valence-electron chi connectivity index (χ2n) is 8.82. The number of fused-ring (bicyclic) bond motifs is 1. The topological polar surface area (TPSA) is 71.5 Å². The SMILES string of the molecule is CCN1CC23C=CC(O2)C(C(=O)NC(c2ccncc2)c2ccc(C)c(C)c2)C3C1=O. The van der Waals surface area contributed by atoms with Gasteiger partial charge in [0.25, 0.3) is 0 Å². The molecular weight excluding hydrogens is 390 g/mol. The van der Waals surface area contributed by atoms with Gasteiger partial charge >= 0.3 is 0 Å². The van der Waals surface area contributed by atoms with Crippen LogP contribution in [0.25, 0.3) is 0 Å². The third-order valence-electron chi connectivity index (χ3n) is 7.05. The largest absolute Gasteiger partial charge is 0.360 e. The van der Waals surface area contributed by atoms with Gasteiger partial charge in [0.15, 0.2) is 0 Å². The Morgan fingerprint density at radius 2 is 2.00 bits per heavy atom. The molecule has 4 heterocycles. The molecule has 1 spiro atoms. The molecule has 6 nitrogen and oxygen atoms in total. The molecule has 0 radical (unpaired) electrons. The summed E-state index contributed by atoms with van der Waals surface area (Å²) in [5.74, 6) is -1.11. The fourth-order valence-electron chi connectivity index (χ4n) is 5.24. The third kappa shape index (κ3) is 3.08. The Morgan fingerprint density at radius 3 is 2.71 bits per heavy atom. The van der Waals surface area contributed by atoms with Gasteiger partial charge in [0.2, 0.25) is 11.8 Å². The summed E-state index contributed by atoms with van der Waals surface area (Å²) in [5, 5.41) is 3.23. The summed E-state index contributed by atoms with van der Waals surface area (Å²) in [7, 11) is 0. The number of nitrogens with one attached hydrogen (secondary N) is 1. The summed E-state index contributed by atoms with van der Waals surface area (Å²) >= 11 is 0. The number of hydrogen-bond acceptors (Lipinski definition) is 4. The first-order chi connectivity index (χ1) is 14.9. The lowest BCUT2D eigenvalue weighted by molar-refractivity contribution is -0.137. The Morgan fingerprint density at radius 1 is 1.23 bits per heavy atom. The van der Waals surface area contributed by atoms with Gasteiger partial charge in [-0.15, -0.1) is 0 Å². The molecule has 0 aliphatic carbocycles. The van der Waals surface area contributed by atoms with E-state index in [2.05, 4.69) is 36.3 Å². The summed E-state index contributed by atoms with van der Waals surface area (Å²) in [6.45, 7) is 7.24. The zero-order valence-corrected chi connectivity index (χ0v) is 18.0. The number of likely N-dealkylation sites (N-methyl/N-ethyl adjacent to an activating group) is 1. The lowest BCUT2D eigenvalue weighted by Crippen LogP contribution is -2.45. The number of nitrogens with zero attached hydrogens (tertiary/aromatic N) is 2. The zero-order chi connectivity index (χ0) is 21.8. The predicted molar refractivity (Wildman–Crippen MR) is 116 cm³/mol. The molecule has 0 saturated carbocycles. The molecule has 160 valence electrons. The second-order valence-corrected chi connectivity index (χ2v) is 8.82. The van der Waals surface area contributed by atoms with Crippen molar-refractivity contribution < 1.29 is 14.3 Å². The summed E-state index contributed by atoms with van der Waals surface area (Å²) in [6.07, 6.45) is 7.04. The maximum absolute atomic E-state index is 13.6. The maximum Gasteiger partial charge on any atom is 0.230 e. The first kappa shape index (κ1) is 19.9. The van der Waals surface area contributed by atoms with Gasteiger partial charge in [-0.05, 0) is 55.2 Å². The highest BCUT2D eigenvalue weighted by atomic mass is 16.5. The van der Waals surface area contributed by atoms with E-state index in [-0.39, 0.29) is 24.0 Å². The Balaban J connectivity index is 1.47. The van der Waals surface area contributed by atoms with Crippen molar-refractivity contribution in [3.8, 4) is 0 Å². The maximum atomic E-state index is 13.6. The molecule has 5 unspecified atom stereocenters. The van der Waals surface area contributed by atoms with E-state index in [1.54, 1.807) is 17.3 Å². The van der Waals surface area contributed by atoms with Crippen LogP contribution >= 0.6 is 0 Å². The number of carbonyl (C=O) groups excluding carboxylic acids is 2. The molecule has 3 aliphatic rings. The Labute approximate surface area is 182 Å². The van der Waals surface area contributed by atoms with Crippen molar-refractivity contribution in [3.63, 3.8) is 0 Å². The number of benzene rings is 1. The van der Waals surface area contributed by atoms with Crippen molar-refractivity contribution in [3.05, 3.63) is 77.1 Å². The molecule has 3 aliphatic heterocycles. The highest BCUT2D eigenvalue weighted by Crippen LogP contribution is 2.52.